The molecule has 4 aromatic rings. The van der Waals surface area contributed by atoms with Gasteiger partial charge in [-0.2, -0.15) is 9.61 Å². The van der Waals surface area contributed by atoms with Gasteiger partial charge < -0.3 is 9.88 Å². The largest absolute Gasteiger partial charge is 0.329 e. The molecule has 1 aliphatic rings. The van der Waals surface area contributed by atoms with Crippen LogP contribution in [0.3, 0.4) is 0 Å². The van der Waals surface area contributed by atoms with E-state index in [0.29, 0.717) is 42.0 Å². The lowest BCUT2D eigenvalue weighted by molar-refractivity contribution is 0.102. The van der Waals surface area contributed by atoms with Crippen molar-refractivity contribution in [1.82, 2.24) is 19.1 Å². The molecule has 1 N–H and O–H groups in total. The zero-order valence-electron chi connectivity index (χ0n) is 19.2. The summed E-state index contributed by atoms with van der Waals surface area (Å²) in [5.41, 5.74) is 4.63. The van der Waals surface area contributed by atoms with Crippen LogP contribution in [-0.4, -0.2) is 31.5 Å². The SMILES string of the molecule is CCn1c2c(c(=O)n3ncc(C(=O)Nc4ccc(F)cc4C)c13)CN(Cc1ccccc1)CC2. The Balaban J connectivity index is 1.51. The molecule has 0 unspecified atom stereocenters. The van der Waals surface area contributed by atoms with E-state index in [-0.39, 0.29) is 17.3 Å². The van der Waals surface area contributed by atoms with Crippen LogP contribution >= 0.6 is 0 Å². The van der Waals surface area contributed by atoms with Crippen molar-refractivity contribution < 1.29 is 9.18 Å². The average Bonchev–Trinajstić information content (AvgIpc) is 3.28. The summed E-state index contributed by atoms with van der Waals surface area (Å²) in [4.78, 5) is 28.8. The van der Waals surface area contributed by atoms with Crippen LogP contribution in [0, 0.1) is 12.7 Å². The number of rotatable bonds is 5. The highest BCUT2D eigenvalue weighted by molar-refractivity contribution is 6.08. The normalized spacial score (nSPS) is 13.7. The van der Waals surface area contributed by atoms with E-state index in [9.17, 15) is 14.0 Å². The number of aryl methyl sites for hydroxylation is 2. The smallest absolute Gasteiger partial charge is 0.279 e. The molecule has 0 fully saturated rings. The summed E-state index contributed by atoms with van der Waals surface area (Å²) >= 11 is 0. The molecule has 5 rings (SSSR count). The second-order valence-corrected chi connectivity index (χ2v) is 8.63. The minimum Gasteiger partial charge on any atom is -0.329 e. The summed E-state index contributed by atoms with van der Waals surface area (Å²) < 4.78 is 16.8. The monoisotopic (exact) mass is 459 g/mol. The highest BCUT2D eigenvalue weighted by Gasteiger charge is 2.27. The molecule has 0 atom stereocenters. The fraction of sp³-hybridized carbons (Fsp3) is 0.269. The Kier molecular flexibility index (Phi) is 5.75. The van der Waals surface area contributed by atoms with Crippen LogP contribution in [0.4, 0.5) is 10.1 Å². The summed E-state index contributed by atoms with van der Waals surface area (Å²) in [5.74, 6) is -0.744. The zero-order chi connectivity index (χ0) is 23.8. The summed E-state index contributed by atoms with van der Waals surface area (Å²) in [6, 6.07) is 14.4. The van der Waals surface area contributed by atoms with Crippen LogP contribution in [0.5, 0.6) is 0 Å². The number of nitrogens with zero attached hydrogens (tertiary/aromatic N) is 4. The van der Waals surface area contributed by atoms with Gasteiger partial charge in [0, 0.05) is 44.0 Å². The fourth-order valence-corrected chi connectivity index (χ4v) is 4.74. The van der Waals surface area contributed by atoms with Crippen LogP contribution in [0.2, 0.25) is 0 Å². The number of carbonyl (C=O) groups is 1. The van der Waals surface area contributed by atoms with E-state index in [4.69, 9.17) is 0 Å². The molecule has 174 valence electrons. The number of hydrogen-bond donors (Lipinski definition) is 1. The minimum absolute atomic E-state index is 0.190. The molecule has 2 aromatic carbocycles. The molecule has 7 nitrogen and oxygen atoms in total. The van der Waals surface area contributed by atoms with E-state index < -0.39 is 0 Å². The maximum Gasteiger partial charge on any atom is 0.279 e. The maximum absolute atomic E-state index is 13.5. The number of hydrogen-bond acceptors (Lipinski definition) is 4. The standard InChI is InChI=1S/C26H26FN5O2/c1-3-31-23-11-12-30(15-18-7-5-4-6-8-18)16-21(23)26(34)32-25(31)20(14-28-32)24(33)29-22-10-9-19(27)13-17(22)2/h4-10,13-14H,3,11-12,15-16H2,1-2H3,(H,29,33). The molecule has 0 saturated heterocycles. The molecule has 0 saturated carbocycles. The quantitative estimate of drug-likeness (QED) is 0.493. The Hall–Kier alpha value is -3.78. The van der Waals surface area contributed by atoms with E-state index >= 15 is 0 Å². The van der Waals surface area contributed by atoms with Crippen LogP contribution in [0.25, 0.3) is 5.65 Å². The number of carbonyl (C=O) groups excluding carboxylic acids is 1. The Morgan fingerprint density at radius 3 is 2.71 bits per heavy atom. The van der Waals surface area contributed by atoms with Crippen molar-refractivity contribution in [3.8, 4) is 0 Å². The number of benzene rings is 2. The molecular formula is C26H26FN5O2. The molecule has 0 radical (unpaired) electrons. The third-order valence-corrected chi connectivity index (χ3v) is 6.42. The van der Waals surface area contributed by atoms with Gasteiger partial charge in [0.05, 0.1) is 11.8 Å². The number of anilines is 1. The molecule has 0 bridgehead atoms. The van der Waals surface area contributed by atoms with Crippen molar-refractivity contribution in [1.29, 1.82) is 0 Å². The third kappa shape index (κ3) is 3.90. The van der Waals surface area contributed by atoms with Gasteiger partial charge in [-0.1, -0.05) is 30.3 Å². The molecule has 0 aliphatic carbocycles. The average molecular weight is 460 g/mol. The number of nitrogens with one attached hydrogen (secondary N) is 1. The van der Waals surface area contributed by atoms with Crippen LogP contribution < -0.4 is 10.9 Å². The van der Waals surface area contributed by atoms with Gasteiger partial charge in [0.1, 0.15) is 11.4 Å². The lowest BCUT2D eigenvalue weighted by Crippen LogP contribution is -2.38. The number of halogens is 1. The number of fused-ring (bicyclic) bond motifs is 2. The Labute approximate surface area is 196 Å². The molecule has 8 heteroatoms. The number of amides is 1. The highest BCUT2D eigenvalue weighted by atomic mass is 19.1. The number of aromatic nitrogens is 3. The van der Waals surface area contributed by atoms with Gasteiger partial charge in [0.25, 0.3) is 11.5 Å². The molecule has 3 heterocycles. The van der Waals surface area contributed by atoms with Crippen molar-refractivity contribution in [2.45, 2.75) is 39.9 Å². The summed E-state index contributed by atoms with van der Waals surface area (Å²) in [5, 5.41) is 7.12. The van der Waals surface area contributed by atoms with Crippen molar-refractivity contribution in [2.75, 3.05) is 11.9 Å². The van der Waals surface area contributed by atoms with E-state index in [0.717, 1.165) is 24.3 Å². The first-order valence-electron chi connectivity index (χ1n) is 11.4. The van der Waals surface area contributed by atoms with Crippen LogP contribution in [0.1, 0.15) is 39.7 Å². The van der Waals surface area contributed by atoms with E-state index in [2.05, 4.69) is 27.4 Å². The maximum atomic E-state index is 13.5. The van der Waals surface area contributed by atoms with Gasteiger partial charge in [0.2, 0.25) is 0 Å². The summed E-state index contributed by atoms with van der Waals surface area (Å²) in [6.45, 7) is 6.46. The Bertz CT molecular complexity index is 1440. The lowest BCUT2D eigenvalue weighted by atomic mass is 10.0. The molecule has 2 aromatic heterocycles. The van der Waals surface area contributed by atoms with Gasteiger partial charge in [-0.25, -0.2) is 4.39 Å². The lowest BCUT2D eigenvalue weighted by Gasteiger charge is -2.30. The van der Waals surface area contributed by atoms with E-state index in [1.807, 2.05) is 29.7 Å². The highest BCUT2D eigenvalue weighted by Crippen LogP contribution is 2.23. The third-order valence-electron chi connectivity index (χ3n) is 6.42. The Morgan fingerprint density at radius 2 is 1.97 bits per heavy atom. The predicted molar refractivity (Wildman–Crippen MR) is 128 cm³/mol. The zero-order valence-corrected chi connectivity index (χ0v) is 19.2. The molecular weight excluding hydrogens is 433 g/mol. The van der Waals surface area contributed by atoms with Gasteiger partial charge >= 0.3 is 0 Å². The van der Waals surface area contributed by atoms with Gasteiger partial charge in [0.15, 0.2) is 5.65 Å². The van der Waals surface area contributed by atoms with E-state index in [1.54, 1.807) is 6.92 Å². The fourth-order valence-electron chi connectivity index (χ4n) is 4.74. The first kappa shape index (κ1) is 22.0. The molecule has 1 amide bonds. The first-order valence-corrected chi connectivity index (χ1v) is 11.4. The van der Waals surface area contributed by atoms with Gasteiger partial charge in [-0.15, -0.1) is 0 Å². The minimum atomic E-state index is -0.382. The van der Waals surface area contributed by atoms with E-state index in [1.165, 1.54) is 34.5 Å². The summed E-state index contributed by atoms with van der Waals surface area (Å²) in [7, 11) is 0. The van der Waals surface area contributed by atoms with Crippen molar-refractivity contribution >= 4 is 17.2 Å². The first-order chi connectivity index (χ1) is 16.5. The van der Waals surface area contributed by atoms with Crippen molar-refractivity contribution in [3.05, 3.63) is 98.8 Å². The van der Waals surface area contributed by atoms with Gasteiger partial charge in [-0.3, -0.25) is 14.5 Å². The summed E-state index contributed by atoms with van der Waals surface area (Å²) in [6.07, 6.45) is 2.15. The van der Waals surface area contributed by atoms with Crippen LogP contribution in [-0.2, 0) is 26.1 Å². The van der Waals surface area contributed by atoms with Crippen molar-refractivity contribution in [2.24, 2.45) is 0 Å². The van der Waals surface area contributed by atoms with Gasteiger partial charge in [-0.05, 0) is 43.2 Å². The predicted octanol–water partition coefficient (Wildman–Crippen LogP) is 3.77. The topological polar surface area (TPSA) is 71.6 Å². The second kappa shape index (κ2) is 8.87. The second-order valence-electron chi connectivity index (χ2n) is 8.63. The Morgan fingerprint density at radius 1 is 1.18 bits per heavy atom. The molecule has 0 spiro atoms. The molecule has 1 aliphatic heterocycles. The van der Waals surface area contributed by atoms with Crippen LogP contribution in [0.15, 0.2) is 59.5 Å². The van der Waals surface area contributed by atoms with Crippen molar-refractivity contribution in [3.63, 3.8) is 0 Å². The molecule has 34 heavy (non-hydrogen) atoms.